The smallest absolute Gasteiger partial charge is 0.307 e. The monoisotopic (exact) mass is 446 g/mol. The number of hydrogen-bond acceptors (Lipinski definition) is 8. The van der Waals surface area contributed by atoms with E-state index in [4.69, 9.17) is 9.47 Å². The predicted octanol–water partition coefficient (Wildman–Crippen LogP) is 1.18. The van der Waals surface area contributed by atoms with Gasteiger partial charge in [0.25, 0.3) is 0 Å². The number of aryl methyl sites for hydroxylation is 1. The average molecular weight is 447 g/mol. The Kier molecular flexibility index (Phi) is 6.90. The Balaban J connectivity index is 1.53. The molecular weight excluding hydrogens is 412 g/mol. The first-order valence-corrected chi connectivity index (χ1v) is 11.7. The number of carbonyl (C=O) groups excluding carboxylic acids is 2. The van der Waals surface area contributed by atoms with Gasteiger partial charge in [0.15, 0.2) is 5.82 Å². The molecule has 1 amide bonds. The minimum atomic E-state index is -0.399. The number of nitrogens with one attached hydrogen (secondary N) is 1. The first-order chi connectivity index (χ1) is 15.5. The molecule has 1 aromatic heterocycles. The number of likely N-dealkylation sites (tertiary alicyclic amines) is 1. The van der Waals surface area contributed by atoms with Crippen LogP contribution in [0.3, 0.4) is 0 Å². The van der Waals surface area contributed by atoms with Crippen molar-refractivity contribution in [2.24, 2.45) is 5.41 Å². The minimum absolute atomic E-state index is 0.0287. The molecule has 3 fully saturated rings. The summed E-state index contributed by atoms with van der Waals surface area (Å²) in [4.78, 5) is 25.9. The van der Waals surface area contributed by atoms with Gasteiger partial charge in [0, 0.05) is 24.5 Å². The van der Waals surface area contributed by atoms with E-state index in [0.29, 0.717) is 19.7 Å². The zero-order valence-corrected chi connectivity index (χ0v) is 18.9. The van der Waals surface area contributed by atoms with Crippen LogP contribution in [0.15, 0.2) is 12.7 Å². The van der Waals surface area contributed by atoms with Crippen LogP contribution in [0.1, 0.15) is 57.7 Å². The number of carbonyl (C=O) groups is 2. The molecule has 1 unspecified atom stereocenters. The van der Waals surface area contributed by atoms with E-state index in [-0.39, 0.29) is 29.8 Å². The molecule has 10 nitrogen and oxygen atoms in total. The van der Waals surface area contributed by atoms with Gasteiger partial charge >= 0.3 is 5.97 Å². The average Bonchev–Trinajstić information content (AvgIpc) is 3.26. The van der Waals surface area contributed by atoms with Crippen LogP contribution in [0.4, 0.5) is 0 Å². The number of piperidine rings is 1. The summed E-state index contributed by atoms with van der Waals surface area (Å²) in [6, 6.07) is 0.148. The number of amides is 1. The van der Waals surface area contributed by atoms with Crippen LogP contribution in [0.2, 0.25) is 0 Å². The molecule has 1 aromatic rings. The van der Waals surface area contributed by atoms with Crippen molar-refractivity contribution >= 4 is 11.9 Å². The van der Waals surface area contributed by atoms with E-state index in [1.165, 1.54) is 6.08 Å². The molecule has 176 valence electrons. The standard InChI is InChI=1S/C22H34N6O4/c1-3-18(29)27-12-5-6-17(14-27)23-22(10-8-21(9-11-22)15-31-16-21)20-24-25-26-28(20)13-7-19(30)32-4-2/h3,17,23H,1,4-16H2,2H3. The van der Waals surface area contributed by atoms with Crippen LogP contribution < -0.4 is 5.32 Å². The first-order valence-electron chi connectivity index (χ1n) is 11.7. The molecule has 3 heterocycles. The van der Waals surface area contributed by atoms with Crippen LogP contribution in [0, 0.1) is 5.41 Å². The second-order valence-electron chi connectivity index (χ2n) is 9.33. The summed E-state index contributed by atoms with van der Waals surface area (Å²) in [5.41, 5.74) is -0.129. The Hall–Kier alpha value is -2.33. The quantitative estimate of drug-likeness (QED) is 0.468. The number of tetrazole rings is 1. The predicted molar refractivity (Wildman–Crippen MR) is 115 cm³/mol. The number of nitrogens with zero attached hydrogens (tertiary/aromatic N) is 5. The van der Waals surface area contributed by atoms with Gasteiger partial charge in [-0.25, -0.2) is 4.68 Å². The third kappa shape index (κ3) is 4.71. The Morgan fingerprint density at radius 3 is 2.75 bits per heavy atom. The van der Waals surface area contributed by atoms with Crippen LogP contribution >= 0.6 is 0 Å². The van der Waals surface area contributed by atoms with Gasteiger partial charge in [-0.05, 0) is 62.0 Å². The molecule has 0 radical (unpaired) electrons. The minimum Gasteiger partial charge on any atom is -0.466 e. The van der Waals surface area contributed by atoms with Crippen LogP contribution in [-0.4, -0.2) is 75.9 Å². The van der Waals surface area contributed by atoms with Crippen molar-refractivity contribution in [2.75, 3.05) is 32.9 Å². The van der Waals surface area contributed by atoms with Gasteiger partial charge in [0.05, 0.1) is 38.3 Å². The highest BCUT2D eigenvalue weighted by Gasteiger charge is 2.50. The van der Waals surface area contributed by atoms with Crippen molar-refractivity contribution in [2.45, 2.75) is 70.0 Å². The van der Waals surface area contributed by atoms with E-state index in [9.17, 15) is 9.59 Å². The summed E-state index contributed by atoms with van der Waals surface area (Å²) in [6.45, 7) is 9.21. The second-order valence-corrected chi connectivity index (χ2v) is 9.33. The van der Waals surface area contributed by atoms with Gasteiger partial charge in [-0.15, -0.1) is 5.10 Å². The SMILES string of the molecule is C=CC(=O)N1CCCC(NC2(c3nnnn3CCC(=O)OCC)CCC3(CC2)COC3)C1. The summed E-state index contributed by atoms with van der Waals surface area (Å²) >= 11 is 0. The molecule has 1 N–H and O–H groups in total. The van der Waals surface area contributed by atoms with Crippen molar-refractivity contribution in [1.82, 2.24) is 30.4 Å². The number of ether oxygens (including phenoxy) is 2. The Morgan fingerprint density at radius 1 is 1.31 bits per heavy atom. The molecule has 1 aliphatic carbocycles. The summed E-state index contributed by atoms with van der Waals surface area (Å²) in [5.74, 6) is 0.485. The van der Waals surface area contributed by atoms with E-state index >= 15 is 0 Å². The first kappa shape index (κ1) is 22.8. The molecule has 4 rings (SSSR count). The summed E-state index contributed by atoms with van der Waals surface area (Å²) < 4.78 is 12.3. The lowest BCUT2D eigenvalue weighted by atomic mass is 9.65. The van der Waals surface area contributed by atoms with Gasteiger partial charge in [-0.3, -0.25) is 9.59 Å². The molecule has 2 aliphatic heterocycles. The third-order valence-electron chi connectivity index (χ3n) is 7.16. The fraction of sp³-hybridized carbons (Fsp3) is 0.773. The maximum absolute atomic E-state index is 12.2. The summed E-state index contributed by atoms with van der Waals surface area (Å²) in [6.07, 6.45) is 7.39. The van der Waals surface area contributed by atoms with E-state index in [1.807, 2.05) is 4.90 Å². The molecule has 3 aliphatic rings. The third-order valence-corrected chi connectivity index (χ3v) is 7.16. The number of rotatable bonds is 8. The molecular formula is C22H34N6O4. The lowest BCUT2D eigenvalue weighted by Gasteiger charge is -2.51. The van der Waals surface area contributed by atoms with Crippen molar-refractivity contribution < 1.29 is 19.1 Å². The molecule has 10 heteroatoms. The fourth-order valence-electron chi connectivity index (χ4n) is 5.26. The zero-order valence-electron chi connectivity index (χ0n) is 18.9. The lowest BCUT2D eigenvalue weighted by molar-refractivity contribution is -0.144. The van der Waals surface area contributed by atoms with E-state index in [2.05, 4.69) is 27.4 Å². The number of esters is 1. The highest BCUT2D eigenvalue weighted by Crippen LogP contribution is 2.49. The van der Waals surface area contributed by atoms with Crippen LogP contribution in [0.25, 0.3) is 0 Å². The Bertz CT molecular complexity index is 826. The molecule has 2 saturated heterocycles. The van der Waals surface area contributed by atoms with Crippen molar-refractivity contribution in [1.29, 1.82) is 0 Å². The van der Waals surface area contributed by atoms with Gasteiger partial charge in [0.1, 0.15) is 0 Å². The van der Waals surface area contributed by atoms with Gasteiger partial charge in [-0.1, -0.05) is 6.58 Å². The Labute approximate surface area is 188 Å². The maximum Gasteiger partial charge on any atom is 0.307 e. The molecule has 1 spiro atoms. The normalized spacial score (nSPS) is 24.0. The van der Waals surface area contributed by atoms with E-state index in [0.717, 1.165) is 64.1 Å². The number of hydrogen-bond donors (Lipinski definition) is 1. The van der Waals surface area contributed by atoms with Gasteiger partial charge in [0.2, 0.25) is 5.91 Å². The largest absolute Gasteiger partial charge is 0.466 e. The topological polar surface area (TPSA) is 111 Å². The highest BCUT2D eigenvalue weighted by molar-refractivity contribution is 5.87. The number of aromatic nitrogens is 4. The zero-order chi connectivity index (χ0) is 22.6. The second kappa shape index (κ2) is 9.66. The van der Waals surface area contributed by atoms with E-state index < -0.39 is 5.54 Å². The van der Waals surface area contributed by atoms with Crippen molar-refractivity contribution in [3.05, 3.63) is 18.5 Å². The lowest BCUT2D eigenvalue weighted by Crippen LogP contribution is -2.59. The highest BCUT2D eigenvalue weighted by atomic mass is 16.5. The maximum atomic E-state index is 12.2. The molecule has 32 heavy (non-hydrogen) atoms. The fourth-order valence-corrected chi connectivity index (χ4v) is 5.26. The van der Waals surface area contributed by atoms with Crippen molar-refractivity contribution in [3.63, 3.8) is 0 Å². The molecule has 0 aromatic carbocycles. The van der Waals surface area contributed by atoms with Crippen LogP contribution in [0.5, 0.6) is 0 Å². The van der Waals surface area contributed by atoms with Crippen LogP contribution in [-0.2, 0) is 31.1 Å². The van der Waals surface area contributed by atoms with Crippen molar-refractivity contribution in [3.8, 4) is 0 Å². The summed E-state index contributed by atoms with van der Waals surface area (Å²) in [5, 5.41) is 16.4. The van der Waals surface area contributed by atoms with Gasteiger partial charge in [-0.2, -0.15) is 0 Å². The summed E-state index contributed by atoms with van der Waals surface area (Å²) in [7, 11) is 0. The van der Waals surface area contributed by atoms with Gasteiger partial charge < -0.3 is 19.7 Å². The molecule has 1 atom stereocenters. The molecule has 1 saturated carbocycles. The Morgan fingerprint density at radius 2 is 2.09 bits per heavy atom. The molecule has 0 bridgehead atoms. The van der Waals surface area contributed by atoms with E-state index in [1.54, 1.807) is 11.6 Å².